The Kier molecular flexibility index (Phi) is 5.05. The van der Waals surface area contributed by atoms with Crippen LogP contribution in [0.25, 0.3) is 0 Å². The van der Waals surface area contributed by atoms with Gasteiger partial charge in [0.05, 0.1) is 4.92 Å². The molecule has 1 unspecified atom stereocenters. The SMILES string of the molecule is O=C(NC(O)c1ccc([N+](=O)[O-])cc1)OCc1ccccc1. The maximum Gasteiger partial charge on any atom is 0.409 e. The third kappa shape index (κ3) is 4.29. The molecule has 2 rings (SSSR count). The van der Waals surface area contributed by atoms with Crippen LogP contribution in [0, 0.1) is 10.1 Å². The molecule has 2 aromatic rings. The van der Waals surface area contributed by atoms with E-state index in [1.165, 1.54) is 24.3 Å². The molecule has 0 aliphatic heterocycles. The van der Waals surface area contributed by atoms with Crippen LogP contribution in [0.1, 0.15) is 17.4 Å². The van der Waals surface area contributed by atoms with Crippen LogP contribution in [-0.2, 0) is 11.3 Å². The van der Waals surface area contributed by atoms with Crippen molar-refractivity contribution in [2.45, 2.75) is 12.8 Å². The Morgan fingerprint density at radius 3 is 2.41 bits per heavy atom. The average Bonchev–Trinajstić information content (AvgIpc) is 2.54. The van der Waals surface area contributed by atoms with E-state index in [9.17, 15) is 20.0 Å². The number of benzene rings is 2. The summed E-state index contributed by atoms with van der Waals surface area (Å²) < 4.78 is 4.96. The minimum atomic E-state index is -1.30. The van der Waals surface area contributed by atoms with Gasteiger partial charge in [0.2, 0.25) is 0 Å². The van der Waals surface area contributed by atoms with Crippen molar-refractivity contribution >= 4 is 11.8 Å². The number of carbonyl (C=O) groups excluding carboxylic acids is 1. The van der Waals surface area contributed by atoms with Gasteiger partial charge in [-0.3, -0.25) is 15.4 Å². The number of ether oxygens (including phenoxy) is 1. The molecular formula is C15H14N2O5. The average molecular weight is 302 g/mol. The highest BCUT2D eigenvalue weighted by atomic mass is 16.6. The highest BCUT2D eigenvalue weighted by Gasteiger charge is 2.13. The van der Waals surface area contributed by atoms with E-state index in [-0.39, 0.29) is 12.3 Å². The summed E-state index contributed by atoms with van der Waals surface area (Å²) in [6.07, 6.45) is -2.08. The lowest BCUT2D eigenvalue weighted by Gasteiger charge is -2.13. The van der Waals surface area contributed by atoms with Crippen LogP contribution in [0.3, 0.4) is 0 Å². The number of rotatable bonds is 5. The Bertz CT molecular complexity index is 643. The summed E-state index contributed by atoms with van der Waals surface area (Å²) in [5.74, 6) is 0. The lowest BCUT2D eigenvalue weighted by Crippen LogP contribution is -2.28. The number of non-ortho nitro benzene ring substituents is 1. The van der Waals surface area contributed by atoms with Gasteiger partial charge in [-0.05, 0) is 17.7 Å². The van der Waals surface area contributed by atoms with E-state index in [2.05, 4.69) is 5.32 Å². The van der Waals surface area contributed by atoms with E-state index in [0.717, 1.165) is 5.56 Å². The van der Waals surface area contributed by atoms with Crippen LogP contribution in [0.15, 0.2) is 54.6 Å². The fourth-order valence-electron chi connectivity index (χ4n) is 1.74. The zero-order valence-corrected chi connectivity index (χ0v) is 11.5. The first-order valence-electron chi connectivity index (χ1n) is 6.46. The third-order valence-electron chi connectivity index (χ3n) is 2.89. The van der Waals surface area contributed by atoms with Crippen molar-refractivity contribution in [1.82, 2.24) is 5.32 Å². The summed E-state index contributed by atoms with van der Waals surface area (Å²) in [5.41, 5.74) is 1.05. The van der Waals surface area contributed by atoms with Gasteiger partial charge in [-0.1, -0.05) is 30.3 Å². The van der Waals surface area contributed by atoms with E-state index in [4.69, 9.17) is 4.74 Å². The molecular weight excluding hydrogens is 288 g/mol. The van der Waals surface area contributed by atoms with Gasteiger partial charge >= 0.3 is 6.09 Å². The van der Waals surface area contributed by atoms with Gasteiger partial charge in [-0.2, -0.15) is 0 Å². The van der Waals surface area contributed by atoms with Crippen molar-refractivity contribution in [2.75, 3.05) is 0 Å². The topological polar surface area (TPSA) is 102 Å². The molecule has 0 aromatic heterocycles. The predicted molar refractivity (Wildman–Crippen MR) is 77.8 cm³/mol. The van der Waals surface area contributed by atoms with Gasteiger partial charge in [0.25, 0.3) is 5.69 Å². The second-order valence-electron chi connectivity index (χ2n) is 4.46. The molecule has 0 aliphatic carbocycles. The monoisotopic (exact) mass is 302 g/mol. The Hall–Kier alpha value is -2.93. The zero-order valence-electron chi connectivity index (χ0n) is 11.5. The molecule has 0 fully saturated rings. The van der Waals surface area contributed by atoms with Crippen molar-refractivity contribution in [1.29, 1.82) is 0 Å². The highest BCUT2D eigenvalue weighted by molar-refractivity contribution is 5.67. The van der Waals surface area contributed by atoms with Gasteiger partial charge < -0.3 is 9.84 Å². The molecule has 1 amide bonds. The maximum atomic E-state index is 11.6. The fourth-order valence-corrected chi connectivity index (χ4v) is 1.74. The lowest BCUT2D eigenvalue weighted by molar-refractivity contribution is -0.384. The van der Waals surface area contributed by atoms with Crippen LogP contribution < -0.4 is 5.32 Å². The van der Waals surface area contributed by atoms with Crippen molar-refractivity contribution in [3.8, 4) is 0 Å². The predicted octanol–water partition coefficient (Wildman–Crippen LogP) is 2.51. The summed E-state index contributed by atoms with van der Waals surface area (Å²) >= 11 is 0. The molecule has 0 saturated heterocycles. The van der Waals surface area contributed by atoms with Crippen LogP contribution in [0.5, 0.6) is 0 Å². The molecule has 0 aliphatic rings. The van der Waals surface area contributed by atoms with E-state index in [1.807, 2.05) is 18.2 Å². The summed E-state index contributed by atoms with van der Waals surface area (Å²) in [6.45, 7) is 0.0830. The number of aliphatic hydroxyl groups excluding tert-OH is 1. The van der Waals surface area contributed by atoms with E-state index < -0.39 is 17.2 Å². The zero-order chi connectivity index (χ0) is 15.9. The minimum Gasteiger partial charge on any atom is -0.445 e. The molecule has 0 saturated carbocycles. The van der Waals surface area contributed by atoms with Crippen LogP contribution >= 0.6 is 0 Å². The number of nitro groups is 1. The molecule has 7 nitrogen and oxygen atoms in total. The first-order chi connectivity index (χ1) is 10.6. The van der Waals surface area contributed by atoms with Gasteiger partial charge in [-0.25, -0.2) is 4.79 Å². The van der Waals surface area contributed by atoms with E-state index >= 15 is 0 Å². The molecule has 114 valence electrons. The molecule has 1 atom stereocenters. The van der Waals surface area contributed by atoms with E-state index in [1.54, 1.807) is 12.1 Å². The summed E-state index contributed by atoms with van der Waals surface area (Å²) in [4.78, 5) is 21.6. The molecule has 0 radical (unpaired) electrons. The van der Waals surface area contributed by atoms with Crippen LogP contribution in [0.2, 0.25) is 0 Å². The van der Waals surface area contributed by atoms with E-state index in [0.29, 0.717) is 5.56 Å². The second kappa shape index (κ2) is 7.19. The Labute approximate surface area is 126 Å². The Balaban J connectivity index is 1.86. The van der Waals surface area contributed by atoms with Gasteiger partial charge in [0.15, 0.2) is 6.23 Å². The fraction of sp³-hybridized carbons (Fsp3) is 0.133. The van der Waals surface area contributed by atoms with Crippen molar-refractivity contribution in [2.24, 2.45) is 0 Å². The summed E-state index contributed by atoms with van der Waals surface area (Å²) in [5, 5.41) is 22.6. The van der Waals surface area contributed by atoms with Crippen molar-refractivity contribution in [3.05, 3.63) is 75.8 Å². The van der Waals surface area contributed by atoms with Crippen LogP contribution in [0.4, 0.5) is 10.5 Å². The largest absolute Gasteiger partial charge is 0.445 e. The van der Waals surface area contributed by atoms with Gasteiger partial charge in [-0.15, -0.1) is 0 Å². The summed E-state index contributed by atoms with van der Waals surface area (Å²) in [7, 11) is 0. The van der Waals surface area contributed by atoms with Crippen molar-refractivity contribution < 1.29 is 19.6 Å². The third-order valence-corrected chi connectivity index (χ3v) is 2.89. The quantitative estimate of drug-likeness (QED) is 0.502. The first kappa shape index (κ1) is 15.5. The molecule has 7 heteroatoms. The van der Waals surface area contributed by atoms with Crippen LogP contribution in [-0.4, -0.2) is 16.1 Å². The summed E-state index contributed by atoms with van der Waals surface area (Å²) in [6, 6.07) is 14.3. The smallest absolute Gasteiger partial charge is 0.409 e. The van der Waals surface area contributed by atoms with Gasteiger partial charge in [0, 0.05) is 17.7 Å². The van der Waals surface area contributed by atoms with Gasteiger partial charge in [0.1, 0.15) is 6.61 Å². The Morgan fingerprint density at radius 1 is 1.18 bits per heavy atom. The first-order valence-corrected chi connectivity index (χ1v) is 6.46. The maximum absolute atomic E-state index is 11.6. The Morgan fingerprint density at radius 2 is 1.82 bits per heavy atom. The molecule has 0 bridgehead atoms. The molecule has 2 aromatic carbocycles. The van der Waals surface area contributed by atoms with Crippen molar-refractivity contribution in [3.63, 3.8) is 0 Å². The number of alkyl carbamates (subject to hydrolysis) is 1. The molecule has 22 heavy (non-hydrogen) atoms. The number of nitrogens with zero attached hydrogens (tertiary/aromatic N) is 1. The normalized spacial score (nSPS) is 11.5. The number of nitro benzene ring substituents is 1. The highest BCUT2D eigenvalue weighted by Crippen LogP contribution is 2.16. The molecule has 2 N–H and O–H groups in total. The molecule has 0 spiro atoms. The molecule has 0 heterocycles. The lowest BCUT2D eigenvalue weighted by atomic mass is 10.2. The number of aliphatic hydroxyl groups is 1. The number of hydrogen-bond acceptors (Lipinski definition) is 5. The number of nitrogens with one attached hydrogen (secondary N) is 1. The number of hydrogen-bond donors (Lipinski definition) is 2. The second-order valence-corrected chi connectivity index (χ2v) is 4.46. The number of amides is 1. The number of carbonyl (C=O) groups is 1. The standard InChI is InChI=1S/C15H14N2O5/c18-14(12-6-8-13(9-7-12)17(20)21)16-15(19)22-10-11-4-2-1-3-5-11/h1-9,14,18H,10H2,(H,16,19). The minimum absolute atomic E-state index is 0.0830.